The van der Waals surface area contributed by atoms with E-state index < -0.39 is 6.04 Å². The third-order valence-corrected chi connectivity index (χ3v) is 4.46. The maximum Gasteiger partial charge on any atom is 0.242 e. The second kappa shape index (κ2) is 11.8. The Hall–Kier alpha value is -2.82. The molecule has 1 N–H and O–H groups in total. The lowest BCUT2D eigenvalue weighted by Crippen LogP contribution is -2.47. The molecule has 2 rings (SSSR count). The van der Waals surface area contributed by atoms with Crippen molar-refractivity contribution in [3.8, 4) is 5.75 Å². The zero-order chi connectivity index (χ0) is 20.2. The molecule has 0 saturated heterocycles. The highest BCUT2D eigenvalue weighted by Gasteiger charge is 2.25. The third-order valence-electron chi connectivity index (χ3n) is 4.46. The highest BCUT2D eigenvalue weighted by Crippen LogP contribution is 2.13. The van der Waals surface area contributed by atoms with Crippen LogP contribution < -0.4 is 10.1 Å². The molecule has 0 saturated carbocycles. The first-order valence-corrected chi connectivity index (χ1v) is 9.90. The average Bonchev–Trinajstić information content (AvgIpc) is 2.74. The highest BCUT2D eigenvalue weighted by molar-refractivity contribution is 5.87. The molecule has 0 spiro atoms. The van der Waals surface area contributed by atoms with Gasteiger partial charge in [0.25, 0.3) is 0 Å². The second-order valence-electron chi connectivity index (χ2n) is 6.74. The zero-order valence-electron chi connectivity index (χ0n) is 16.8. The normalized spacial score (nSPS) is 11.5. The summed E-state index contributed by atoms with van der Waals surface area (Å²) in [4.78, 5) is 26.9. The first kappa shape index (κ1) is 21.5. The van der Waals surface area contributed by atoms with E-state index in [0.29, 0.717) is 32.5 Å². The van der Waals surface area contributed by atoms with Gasteiger partial charge in [-0.2, -0.15) is 0 Å². The van der Waals surface area contributed by atoms with Crippen LogP contribution in [-0.4, -0.2) is 35.9 Å². The van der Waals surface area contributed by atoms with Crippen molar-refractivity contribution in [1.82, 2.24) is 10.2 Å². The van der Waals surface area contributed by atoms with Gasteiger partial charge in [-0.1, -0.05) is 55.5 Å². The number of benzene rings is 2. The molecule has 0 fully saturated rings. The number of rotatable bonds is 11. The smallest absolute Gasteiger partial charge is 0.242 e. The van der Waals surface area contributed by atoms with E-state index in [4.69, 9.17) is 4.74 Å². The second-order valence-corrected chi connectivity index (χ2v) is 6.74. The van der Waals surface area contributed by atoms with Crippen molar-refractivity contribution in [3.63, 3.8) is 0 Å². The standard InChI is InChI=1S/C23H30N2O3/c1-3-16-24-23(27)19(2)25(18-20-11-6-4-7-12-20)22(26)15-10-17-28-21-13-8-5-9-14-21/h4-9,11-14,19H,3,10,15-18H2,1-2H3,(H,24,27). The molecule has 2 aromatic carbocycles. The molecule has 150 valence electrons. The van der Waals surface area contributed by atoms with Gasteiger partial charge in [0.05, 0.1) is 6.61 Å². The molecule has 5 nitrogen and oxygen atoms in total. The number of hydrogen-bond acceptors (Lipinski definition) is 3. The lowest BCUT2D eigenvalue weighted by molar-refractivity contribution is -0.140. The predicted octanol–water partition coefficient (Wildman–Crippen LogP) is 3.79. The maximum absolute atomic E-state index is 12.9. The van der Waals surface area contributed by atoms with Crippen LogP contribution in [-0.2, 0) is 16.1 Å². The molecule has 0 aliphatic carbocycles. The van der Waals surface area contributed by atoms with E-state index in [1.807, 2.05) is 67.6 Å². The zero-order valence-corrected chi connectivity index (χ0v) is 16.8. The fraction of sp³-hybridized carbons (Fsp3) is 0.391. The van der Waals surface area contributed by atoms with Gasteiger partial charge in [-0.3, -0.25) is 9.59 Å². The van der Waals surface area contributed by atoms with Crippen molar-refractivity contribution in [2.24, 2.45) is 0 Å². The summed E-state index contributed by atoms with van der Waals surface area (Å²) >= 11 is 0. The predicted molar refractivity (Wildman–Crippen MR) is 111 cm³/mol. The first-order chi connectivity index (χ1) is 13.6. The minimum absolute atomic E-state index is 0.0420. The van der Waals surface area contributed by atoms with Gasteiger partial charge < -0.3 is 15.0 Å². The van der Waals surface area contributed by atoms with Crippen LogP contribution >= 0.6 is 0 Å². The molecule has 0 bridgehead atoms. The van der Waals surface area contributed by atoms with E-state index >= 15 is 0 Å². The number of carbonyl (C=O) groups is 2. The first-order valence-electron chi connectivity index (χ1n) is 9.90. The fourth-order valence-corrected chi connectivity index (χ4v) is 2.83. The Bertz CT molecular complexity index is 719. The number of para-hydroxylation sites is 1. The molecule has 1 unspecified atom stereocenters. The SMILES string of the molecule is CCCNC(=O)C(C)N(Cc1ccccc1)C(=O)CCCOc1ccccc1. The molecular weight excluding hydrogens is 352 g/mol. The summed E-state index contributed by atoms with van der Waals surface area (Å²) in [6, 6.07) is 18.8. The summed E-state index contributed by atoms with van der Waals surface area (Å²) in [5.41, 5.74) is 1.01. The quantitative estimate of drug-likeness (QED) is 0.602. The largest absolute Gasteiger partial charge is 0.494 e. The van der Waals surface area contributed by atoms with Crippen molar-refractivity contribution in [1.29, 1.82) is 0 Å². The lowest BCUT2D eigenvalue weighted by Gasteiger charge is -2.29. The Morgan fingerprint density at radius 1 is 1.04 bits per heavy atom. The summed E-state index contributed by atoms with van der Waals surface area (Å²) in [6.45, 7) is 5.28. The highest BCUT2D eigenvalue weighted by atomic mass is 16.5. The van der Waals surface area contributed by atoms with Crippen LogP contribution in [0.5, 0.6) is 5.75 Å². The van der Waals surface area contributed by atoms with Gasteiger partial charge in [0.1, 0.15) is 11.8 Å². The summed E-state index contributed by atoms with van der Waals surface area (Å²) in [5.74, 6) is 0.634. The summed E-state index contributed by atoms with van der Waals surface area (Å²) < 4.78 is 5.67. The Labute approximate surface area is 167 Å². The molecule has 2 aromatic rings. The number of carbonyl (C=O) groups excluding carboxylic acids is 2. The minimum Gasteiger partial charge on any atom is -0.494 e. The van der Waals surface area contributed by atoms with Crippen molar-refractivity contribution >= 4 is 11.8 Å². The summed E-state index contributed by atoms with van der Waals surface area (Å²) in [5, 5.41) is 2.88. The van der Waals surface area contributed by atoms with Gasteiger partial charge in [0, 0.05) is 19.5 Å². The molecule has 0 heterocycles. The van der Waals surface area contributed by atoms with Gasteiger partial charge in [-0.05, 0) is 37.5 Å². The molecule has 0 aliphatic rings. The lowest BCUT2D eigenvalue weighted by atomic mass is 10.1. The molecule has 5 heteroatoms. The fourth-order valence-electron chi connectivity index (χ4n) is 2.83. The van der Waals surface area contributed by atoms with Crippen LogP contribution in [0, 0.1) is 0 Å². The van der Waals surface area contributed by atoms with Crippen LogP contribution in [0.15, 0.2) is 60.7 Å². The molecule has 2 amide bonds. The summed E-state index contributed by atoms with van der Waals surface area (Å²) in [6.07, 6.45) is 1.80. The number of amides is 2. The molecule has 0 radical (unpaired) electrons. The van der Waals surface area contributed by atoms with Crippen molar-refractivity contribution < 1.29 is 14.3 Å². The Morgan fingerprint density at radius 3 is 2.32 bits per heavy atom. The van der Waals surface area contributed by atoms with Crippen LogP contribution in [0.1, 0.15) is 38.7 Å². The van der Waals surface area contributed by atoms with Gasteiger partial charge in [0.2, 0.25) is 11.8 Å². The monoisotopic (exact) mass is 382 g/mol. The third kappa shape index (κ3) is 7.06. The Morgan fingerprint density at radius 2 is 1.68 bits per heavy atom. The van der Waals surface area contributed by atoms with Gasteiger partial charge in [0.15, 0.2) is 0 Å². The number of hydrogen-bond donors (Lipinski definition) is 1. The van der Waals surface area contributed by atoms with E-state index in [2.05, 4.69) is 5.32 Å². The topological polar surface area (TPSA) is 58.6 Å². The van der Waals surface area contributed by atoms with Crippen molar-refractivity contribution in [3.05, 3.63) is 66.2 Å². The van der Waals surface area contributed by atoms with Gasteiger partial charge in [-0.15, -0.1) is 0 Å². The Balaban J connectivity index is 1.94. The van der Waals surface area contributed by atoms with Crippen molar-refractivity contribution in [2.45, 2.75) is 45.7 Å². The minimum atomic E-state index is -0.519. The van der Waals surface area contributed by atoms with Crippen LogP contribution in [0.4, 0.5) is 0 Å². The number of ether oxygens (including phenoxy) is 1. The van der Waals surface area contributed by atoms with Gasteiger partial charge >= 0.3 is 0 Å². The van der Waals surface area contributed by atoms with E-state index in [9.17, 15) is 9.59 Å². The van der Waals surface area contributed by atoms with E-state index in [0.717, 1.165) is 17.7 Å². The molecule has 28 heavy (non-hydrogen) atoms. The molecular formula is C23H30N2O3. The van der Waals surface area contributed by atoms with Gasteiger partial charge in [-0.25, -0.2) is 0 Å². The average molecular weight is 383 g/mol. The number of nitrogens with one attached hydrogen (secondary N) is 1. The van der Waals surface area contributed by atoms with Crippen LogP contribution in [0.25, 0.3) is 0 Å². The molecule has 0 aliphatic heterocycles. The van der Waals surface area contributed by atoms with E-state index in [-0.39, 0.29) is 11.8 Å². The van der Waals surface area contributed by atoms with E-state index in [1.165, 1.54) is 0 Å². The molecule has 0 aromatic heterocycles. The maximum atomic E-state index is 12.9. The Kier molecular flexibility index (Phi) is 9.05. The number of nitrogens with zero attached hydrogens (tertiary/aromatic N) is 1. The van der Waals surface area contributed by atoms with Crippen LogP contribution in [0.3, 0.4) is 0 Å². The van der Waals surface area contributed by atoms with E-state index in [1.54, 1.807) is 11.8 Å². The van der Waals surface area contributed by atoms with Crippen LogP contribution in [0.2, 0.25) is 0 Å². The van der Waals surface area contributed by atoms with Crippen molar-refractivity contribution in [2.75, 3.05) is 13.2 Å². The summed E-state index contributed by atoms with van der Waals surface area (Å²) in [7, 11) is 0. The molecule has 1 atom stereocenters.